The van der Waals surface area contributed by atoms with Crippen molar-refractivity contribution in [2.45, 2.75) is 51.7 Å². The molecule has 4 rings (SSSR count). The fraction of sp³-hybridized carbons (Fsp3) is 0.522. The van der Waals surface area contributed by atoms with Gasteiger partial charge in [-0.25, -0.2) is 9.97 Å². The van der Waals surface area contributed by atoms with Crippen LogP contribution < -0.4 is 4.90 Å². The number of aryl methyl sites for hydroxylation is 1. The zero-order chi connectivity index (χ0) is 21.3. The highest BCUT2D eigenvalue weighted by Crippen LogP contribution is 2.31. The van der Waals surface area contributed by atoms with Gasteiger partial charge in [-0.1, -0.05) is 19.1 Å². The minimum atomic E-state index is -0.925. The molecule has 0 saturated carbocycles. The molecule has 0 radical (unpaired) electrons. The van der Waals surface area contributed by atoms with Crippen molar-refractivity contribution in [2.24, 2.45) is 0 Å². The number of rotatable bonds is 4. The maximum absolute atomic E-state index is 12.3. The number of aliphatic hydroxyl groups is 2. The first-order chi connectivity index (χ1) is 14.5. The molecule has 1 amide bonds. The summed E-state index contributed by atoms with van der Waals surface area (Å²) in [5.74, 6) is 1.24. The Morgan fingerprint density at radius 1 is 1.23 bits per heavy atom. The van der Waals surface area contributed by atoms with Crippen molar-refractivity contribution < 1.29 is 15.0 Å². The molecule has 2 N–H and O–H groups in total. The zero-order valence-corrected chi connectivity index (χ0v) is 17.7. The lowest BCUT2D eigenvalue weighted by Gasteiger charge is -2.36. The summed E-state index contributed by atoms with van der Waals surface area (Å²) in [7, 11) is 0. The molecule has 1 aromatic heterocycles. The second-order valence-electron chi connectivity index (χ2n) is 8.23. The number of hydrogen-bond donors (Lipinski definition) is 2. The van der Waals surface area contributed by atoms with Crippen LogP contribution in [0.5, 0.6) is 0 Å². The maximum Gasteiger partial charge on any atom is 0.251 e. The van der Waals surface area contributed by atoms with E-state index in [-0.39, 0.29) is 5.91 Å². The van der Waals surface area contributed by atoms with Crippen molar-refractivity contribution in [3.05, 3.63) is 35.7 Å². The van der Waals surface area contributed by atoms with Crippen molar-refractivity contribution >= 4 is 28.2 Å². The van der Waals surface area contributed by atoms with Gasteiger partial charge in [0, 0.05) is 37.1 Å². The van der Waals surface area contributed by atoms with Crippen molar-refractivity contribution in [1.82, 2.24) is 14.9 Å². The number of anilines is 1. The summed E-state index contributed by atoms with van der Waals surface area (Å²) in [6, 6.07) is 6.16. The van der Waals surface area contributed by atoms with Gasteiger partial charge in [0.2, 0.25) is 0 Å². The summed E-state index contributed by atoms with van der Waals surface area (Å²) < 4.78 is 0. The summed E-state index contributed by atoms with van der Waals surface area (Å²) in [6.45, 7) is 6.23. The third kappa shape index (κ3) is 4.04. The molecular formula is C23H30N4O3. The first-order valence-corrected chi connectivity index (χ1v) is 10.9. The van der Waals surface area contributed by atoms with Crippen molar-refractivity contribution in [2.75, 3.05) is 31.1 Å². The van der Waals surface area contributed by atoms with E-state index in [1.807, 2.05) is 19.9 Å². The van der Waals surface area contributed by atoms with Gasteiger partial charge >= 0.3 is 0 Å². The Balaban J connectivity index is 1.67. The highest BCUT2D eigenvalue weighted by molar-refractivity contribution is 5.91. The van der Waals surface area contributed by atoms with Gasteiger partial charge in [-0.3, -0.25) is 4.79 Å². The summed E-state index contributed by atoms with van der Waals surface area (Å²) in [6.07, 6.45) is 3.66. The molecule has 0 spiro atoms. The molecule has 160 valence electrons. The number of aliphatic hydroxyl groups excluding tert-OH is 2. The lowest BCUT2D eigenvalue weighted by molar-refractivity contribution is -0.140. The van der Waals surface area contributed by atoms with E-state index in [9.17, 15) is 15.0 Å². The van der Waals surface area contributed by atoms with E-state index in [2.05, 4.69) is 23.1 Å². The molecule has 1 unspecified atom stereocenters. The molecule has 1 aromatic carbocycles. The van der Waals surface area contributed by atoms with E-state index in [0.29, 0.717) is 38.4 Å². The Hall–Kier alpha value is -2.51. The number of nitrogens with zero attached hydrogens (tertiary/aromatic N) is 4. The van der Waals surface area contributed by atoms with Crippen LogP contribution in [0.4, 0.5) is 5.82 Å². The second-order valence-corrected chi connectivity index (χ2v) is 8.23. The van der Waals surface area contributed by atoms with Crippen molar-refractivity contribution in [3.63, 3.8) is 0 Å². The number of fused-ring (bicyclic) bond motifs is 1. The quantitative estimate of drug-likeness (QED) is 0.804. The van der Waals surface area contributed by atoms with Gasteiger partial charge in [-0.05, 0) is 50.3 Å². The topological polar surface area (TPSA) is 89.8 Å². The summed E-state index contributed by atoms with van der Waals surface area (Å²) in [4.78, 5) is 25.9. The standard InChI is InChI=1S/C23H30N4O3/c1-3-19(28)23(30)27-12-10-26(11-13-27)22-16-9-8-15(2)14-18(16)24-21(25-22)17-6-4-5-7-20(17)29/h6,8-9,14,19-20,28-29H,3-5,7,10-13H2,1-2H3/t19-,20?/m0/s1. The third-order valence-corrected chi connectivity index (χ3v) is 6.06. The smallest absolute Gasteiger partial charge is 0.251 e. The SMILES string of the molecule is CC[C@H](O)C(=O)N1CCN(c2nc(C3=CCCCC3O)nc3cc(C)ccc23)CC1. The Morgan fingerprint density at radius 3 is 2.70 bits per heavy atom. The molecule has 1 saturated heterocycles. The molecular weight excluding hydrogens is 380 g/mol. The number of carbonyl (C=O) groups is 1. The highest BCUT2D eigenvalue weighted by atomic mass is 16.3. The van der Waals surface area contributed by atoms with Gasteiger partial charge < -0.3 is 20.0 Å². The van der Waals surface area contributed by atoms with E-state index < -0.39 is 12.2 Å². The minimum Gasteiger partial charge on any atom is -0.388 e. The fourth-order valence-electron chi connectivity index (χ4n) is 4.22. The van der Waals surface area contributed by atoms with Crippen LogP contribution in [0.1, 0.15) is 44.0 Å². The third-order valence-electron chi connectivity index (χ3n) is 6.06. The first kappa shape index (κ1) is 20.8. The lowest BCUT2D eigenvalue weighted by Crippen LogP contribution is -2.51. The van der Waals surface area contributed by atoms with Crippen LogP contribution in [-0.2, 0) is 4.79 Å². The van der Waals surface area contributed by atoms with E-state index in [1.165, 1.54) is 0 Å². The van der Waals surface area contributed by atoms with E-state index >= 15 is 0 Å². The Bertz CT molecular complexity index is 966. The van der Waals surface area contributed by atoms with E-state index in [1.54, 1.807) is 4.90 Å². The summed E-state index contributed by atoms with van der Waals surface area (Å²) in [5.41, 5.74) is 2.81. The Labute approximate surface area is 177 Å². The van der Waals surface area contributed by atoms with Gasteiger partial charge in [-0.2, -0.15) is 0 Å². The number of aromatic nitrogens is 2. The molecule has 2 heterocycles. The molecule has 1 fully saturated rings. The maximum atomic E-state index is 12.3. The molecule has 2 aromatic rings. The van der Waals surface area contributed by atoms with Crippen LogP contribution in [0.25, 0.3) is 16.5 Å². The summed E-state index contributed by atoms with van der Waals surface area (Å²) in [5, 5.41) is 21.3. The van der Waals surface area contributed by atoms with Gasteiger partial charge in [0.1, 0.15) is 11.9 Å². The highest BCUT2D eigenvalue weighted by Gasteiger charge is 2.27. The molecule has 7 nitrogen and oxygen atoms in total. The molecule has 0 bridgehead atoms. The van der Waals surface area contributed by atoms with Crippen LogP contribution >= 0.6 is 0 Å². The molecule has 1 aliphatic heterocycles. The molecule has 7 heteroatoms. The largest absolute Gasteiger partial charge is 0.388 e. The number of allylic oxidation sites excluding steroid dienone is 1. The van der Waals surface area contributed by atoms with Crippen LogP contribution in [0.3, 0.4) is 0 Å². The second kappa shape index (κ2) is 8.70. The van der Waals surface area contributed by atoms with Crippen LogP contribution in [0.2, 0.25) is 0 Å². The zero-order valence-electron chi connectivity index (χ0n) is 17.7. The molecule has 1 aliphatic carbocycles. The monoisotopic (exact) mass is 410 g/mol. The van der Waals surface area contributed by atoms with Crippen LogP contribution in [0.15, 0.2) is 24.3 Å². The van der Waals surface area contributed by atoms with Crippen LogP contribution in [-0.4, -0.2) is 69.4 Å². The van der Waals surface area contributed by atoms with Gasteiger partial charge in [0.05, 0.1) is 11.6 Å². The van der Waals surface area contributed by atoms with Crippen molar-refractivity contribution in [3.8, 4) is 0 Å². The minimum absolute atomic E-state index is 0.198. The summed E-state index contributed by atoms with van der Waals surface area (Å²) >= 11 is 0. The number of amides is 1. The van der Waals surface area contributed by atoms with Crippen LogP contribution in [0, 0.1) is 6.92 Å². The number of carbonyl (C=O) groups excluding carboxylic acids is 1. The van der Waals surface area contributed by atoms with Crippen molar-refractivity contribution in [1.29, 1.82) is 0 Å². The first-order valence-electron chi connectivity index (χ1n) is 10.9. The molecule has 2 aliphatic rings. The molecule has 2 atom stereocenters. The number of piperazine rings is 1. The van der Waals surface area contributed by atoms with E-state index in [0.717, 1.165) is 47.1 Å². The predicted molar refractivity (Wildman–Crippen MR) is 117 cm³/mol. The van der Waals surface area contributed by atoms with E-state index in [4.69, 9.17) is 9.97 Å². The van der Waals surface area contributed by atoms with Gasteiger partial charge in [0.25, 0.3) is 5.91 Å². The lowest BCUT2D eigenvalue weighted by atomic mass is 9.96. The average molecular weight is 411 g/mol. The Kier molecular flexibility index (Phi) is 6.01. The fourth-order valence-corrected chi connectivity index (χ4v) is 4.22. The normalized spacial score (nSPS) is 20.9. The number of hydrogen-bond acceptors (Lipinski definition) is 6. The number of benzene rings is 1. The van der Waals surface area contributed by atoms with Gasteiger partial charge in [0.15, 0.2) is 5.82 Å². The van der Waals surface area contributed by atoms with Gasteiger partial charge in [-0.15, -0.1) is 0 Å². The average Bonchev–Trinajstić information content (AvgIpc) is 2.77. The molecule has 30 heavy (non-hydrogen) atoms. The Morgan fingerprint density at radius 2 is 2.00 bits per heavy atom. The predicted octanol–water partition coefficient (Wildman–Crippen LogP) is 2.29.